The van der Waals surface area contributed by atoms with Gasteiger partial charge in [0, 0.05) is 34.8 Å². The molecule has 0 unspecified atom stereocenters. The molecule has 0 saturated carbocycles. The molecule has 0 spiro atoms. The predicted molar refractivity (Wildman–Crippen MR) is 126 cm³/mol. The van der Waals surface area contributed by atoms with E-state index < -0.39 is 11.7 Å². The van der Waals surface area contributed by atoms with Crippen molar-refractivity contribution in [3.05, 3.63) is 45.3 Å². The van der Waals surface area contributed by atoms with Crippen molar-refractivity contribution in [2.45, 2.75) is 39.3 Å². The topological polar surface area (TPSA) is 84.4 Å². The molecule has 0 fully saturated rings. The molecule has 0 atom stereocenters. The summed E-state index contributed by atoms with van der Waals surface area (Å²) in [7, 11) is 0. The second-order valence-electron chi connectivity index (χ2n) is 8.48. The molecule has 0 aliphatic carbocycles. The minimum absolute atomic E-state index is 0.117. The molecule has 10 heteroatoms. The van der Waals surface area contributed by atoms with E-state index >= 15 is 0 Å². The maximum Gasteiger partial charge on any atom is 0.408 e. The molecule has 1 aliphatic heterocycles. The number of hydrogen-bond acceptors (Lipinski definition) is 6. The molecule has 0 bridgehead atoms. The molecule has 1 N–H and O–H groups in total. The lowest BCUT2D eigenvalue weighted by Gasteiger charge is -2.27. The lowest BCUT2D eigenvalue weighted by Crippen LogP contribution is -2.43. The van der Waals surface area contributed by atoms with Gasteiger partial charge in [-0.1, -0.05) is 23.2 Å². The van der Waals surface area contributed by atoms with Gasteiger partial charge in [-0.25, -0.2) is 14.8 Å². The standard InChI is InChI=1S/C22H22Cl2N4O3S/c1-22(2,3)31-21(30)27-9-17(29)28-5-4-13-16(10-28)32-20-18(13)14(6-15(23)19(20)24)12-7-25-11-26-8-12/h6-8,11H,4-5,9-10H2,1-3H3,(H,27,30). The van der Waals surface area contributed by atoms with Crippen molar-refractivity contribution in [2.24, 2.45) is 0 Å². The Hall–Kier alpha value is -2.42. The molecule has 0 radical (unpaired) electrons. The number of amides is 2. The van der Waals surface area contributed by atoms with Crippen molar-refractivity contribution >= 4 is 56.6 Å². The summed E-state index contributed by atoms with van der Waals surface area (Å²) in [6, 6.07) is 1.85. The first-order chi connectivity index (χ1) is 15.1. The van der Waals surface area contributed by atoms with Crippen LogP contribution in [0.2, 0.25) is 10.0 Å². The SMILES string of the molecule is CC(C)(C)OC(=O)NCC(=O)N1CCc2c(sc3c(Cl)c(Cl)cc(-c4cncnc4)c23)C1. The van der Waals surface area contributed by atoms with Crippen LogP contribution in [0.15, 0.2) is 24.8 Å². The Labute approximate surface area is 199 Å². The molecule has 1 aliphatic rings. The minimum Gasteiger partial charge on any atom is -0.444 e. The zero-order valence-electron chi connectivity index (χ0n) is 17.9. The highest BCUT2D eigenvalue weighted by molar-refractivity contribution is 7.20. The quantitative estimate of drug-likeness (QED) is 0.551. The first-order valence-electron chi connectivity index (χ1n) is 10.1. The van der Waals surface area contributed by atoms with Crippen molar-refractivity contribution in [1.29, 1.82) is 0 Å². The maximum absolute atomic E-state index is 12.7. The number of halogens is 2. The summed E-state index contributed by atoms with van der Waals surface area (Å²) < 4.78 is 6.09. The molecule has 0 saturated heterocycles. The largest absolute Gasteiger partial charge is 0.444 e. The molecule has 32 heavy (non-hydrogen) atoms. The van der Waals surface area contributed by atoms with Gasteiger partial charge in [0.2, 0.25) is 5.91 Å². The van der Waals surface area contributed by atoms with Gasteiger partial charge in [-0.2, -0.15) is 0 Å². The van der Waals surface area contributed by atoms with Gasteiger partial charge >= 0.3 is 6.09 Å². The van der Waals surface area contributed by atoms with Crippen molar-refractivity contribution in [1.82, 2.24) is 20.2 Å². The monoisotopic (exact) mass is 492 g/mol. The van der Waals surface area contributed by atoms with Gasteiger partial charge < -0.3 is 15.0 Å². The number of carbonyl (C=O) groups excluding carboxylic acids is 2. The maximum atomic E-state index is 12.7. The number of carbonyl (C=O) groups is 2. The number of benzene rings is 1. The van der Waals surface area contributed by atoms with E-state index in [1.807, 2.05) is 6.07 Å². The van der Waals surface area contributed by atoms with Gasteiger partial charge in [0.15, 0.2) is 0 Å². The summed E-state index contributed by atoms with van der Waals surface area (Å²) in [5.41, 5.74) is 2.33. The van der Waals surface area contributed by atoms with Crippen molar-refractivity contribution in [2.75, 3.05) is 13.1 Å². The molecule has 2 aromatic heterocycles. The van der Waals surface area contributed by atoms with Crippen LogP contribution in [0.1, 0.15) is 31.2 Å². The third-order valence-corrected chi connectivity index (χ3v) is 7.15. The number of aromatic nitrogens is 2. The summed E-state index contributed by atoms with van der Waals surface area (Å²) in [6.07, 6.45) is 5.04. The van der Waals surface area contributed by atoms with Gasteiger partial charge in [-0.05, 0) is 44.4 Å². The Kier molecular flexibility index (Phi) is 6.29. The number of hydrogen-bond donors (Lipinski definition) is 1. The zero-order valence-corrected chi connectivity index (χ0v) is 20.2. The van der Waals surface area contributed by atoms with E-state index in [-0.39, 0.29) is 12.5 Å². The minimum atomic E-state index is -0.619. The van der Waals surface area contributed by atoms with Gasteiger partial charge in [-0.15, -0.1) is 11.3 Å². The third-order valence-electron chi connectivity index (χ3n) is 5.01. The Bertz CT molecular complexity index is 1190. The zero-order chi connectivity index (χ0) is 23.0. The highest BCUT2D eigenvalue weighted by Gasteiger charge is 2.28. The van der Waals surface area contributed by atoms with Gasteiger partial charge in [0.25, 0.3) is 0 Å². The van der Waals surface area contributed by atoms with E-state index in [0.717, 1.165) is 31.7 Å². The predicted octanol–water partition coefficient (Wildman–Crippen LogP) is 5.07. The number of alkyl carbamates (subject to hydrolysis) is 1. The Morgan fingerprint density at radius 2 is 1.97 bits per heavy atom. The Balaban J connectivity index is 1.59. The Morgan fingerprint density at radius 3 is 2.66 bits per heavy atom. The van der Waals surface area contributed by atoms with Crippen LogP contribution in [0.25, 0.3) is 21.2 Å². The molecule has 1 aromatic carbocycles. The number of ether oxygens (including phenoxy) is 1. The molecule has 4 rings (SSSR count). The second-order valence-corrected chi connectivity index (χ2v) is 10.4. The highest BCUT2D eigenvalue weighted by atomic mass is 35.5. The van der Waals surface area contributed by atoms with Gasteiger partial charge in [-0.3, -0.25) is 4.79 Å². The smallest absolute Gasteiger partial charge is 0.408 e. The van der Waals surface area contributed by atoms with Crippen LogP contribution in [0, 0.1) is 0 Å². The van der Waals surface area contributed by atoms with Crippen LogP contribution in [0.5, 0.6) is 0 Å². The van der Waals surface area contributed by atoms with Crippen LogP contribution in [0.4, 0.5) is 4.79 Å². The van der Waals surface area contributed by atoms with E-state index in [4.69, 9.17) is 27.9 Å². The molecule has 3 heterocycles. The van der Waals surface area contributed by atoms with Crippen molar-refractivity contribution in [3.8, 4) is 11.1 Å². The molecular weight excluding hydrogens is 471 g/mol. The van der Waals surface area contributed by atoms with E-state index in [1.165, 1.54) is 17.7 Å². The number of thiophene rings is 1. The van der Waals surface area contributed by atoms with E-state index in [9.17, 15) is 9.59 Å². The van der Waals surface area contributed by atoms with Crippen LogP contribution in [0.3, 0.4) is 0 Å². The van der Waals surface area contributed by atoms with Crippen LogP contribution in [-0.4, -0.2) is 45.6 Å². The number of nitrogens with one attached hydrogen (secondary N) is 1. The number of nitrogens with zero attached hydrogens (tertiary/aromatic N) is 3. The summed E-state index contributed by atoms with van der Waals surface area (Å²) in [6.45, 7) is 6.19. The second kappa shape index (κ2) is 8.84. The van der Waals surface area contributed by atoms with Crippen LogP contribution < -0.4 is 5.32 Å². The first-order valence-corrected chi connectivity index (χ1v) is 11.6. The normalized spacial score (nSPS) is 13.7. The molecular formula is C22H22Cl2N4O3S. The summed E-state index contributed by atoms with van der Waals surface area (Å²) >= 11 is 14.5. The fourth-order valence-corrected chi connectivity index (χ4v) is 5.52. The lowest BCUT2D eigenvalue weighted by atomic mass is 9.96. The van der Waals surface area contributed by atoms with Crippen LogP contribution >= 0.6 is 34.5 Å². The fourth-order valence-electron chi connectivity index (χ4n) is 3.67. The number of fused-ring (bicyclic) bond motifs is 3. The molecule has 3 aromatic rings. The average molecular weight is 493 g/mol. The third kappa shape index (κ3) is 4.67. The van der Waals surface area contributed by atoms with Gasteiger partial charge in [0.05, 0.1) is 21.3 Å². The summed E-state index contributed by atoms with van der Waals surface area (Å²) in [4.78, 5) is 35.6. The fraction of sp³-hybridized carbons (Fsp3) is 0.364. The van der Waals surface area contributed by atoms with E-state index in [1.54, 1.807) is 38.1 Å². The highest BCUT2D eigenvalue weighted by Crippen LogP contribution is 2.46. The molecule has 7 nitrogen and oxygen atoms in total. The Morgan fingerprint density at radius 1 is 1.25 bits per heavy atom. The summed E-state index contributed by atoms with van der Waals surface area (Å²) in [5, 5.41) is 4.54. The average Bonchev–Trinajstić information content (AvgIpc) is 3.13. The molecule has 2 amide bonds. The first kappa shape index (κ1) is 22.8. The molecule has 168 valence electrons. The summed E-state index contributed by atoms with van der Waals surface area (Å²) in [5.74, 6) is -0.167. The van der Waals surface area contributed by atoms with Crippen molar-refractivity contribution < 1.29 is 14.3 Å². The lowest BCUT2D eigenvalue weighted by molar-refractivity contribution is -0.131. The van der Waals surface area contributed by atoms with Crippen molar-refractivity contribution in [3.63, 3.8) is 0 Å². The number of rotatable bonds is 3. The van der Waals surface area contributed by atoms with Gasteiger partial charge in [0.1, 0.15) is 18.5 Å². The van der Waals surface area contributed by atoms with Crippen LogP contribution in [-0.2, 0) is 22.5 Å². The van der Waals surface area contributed by atoms with E-state index in [0.29, 0.717) is 29.6 Å². The van der Waals surface area contributed by atoms with E-state index in [2.05, 4.69) is 15.3 Å².